The summed E-state index contributed by atoms with van der Waals surface area (Å²) in [5.74, 6) is -4.10. The Morgan fingerprint density at radius 3 is 2.76 bits per heavy atom. The van der Waals surface area contributed by atoms with Gasteiger partial charge in [0.25, 0.3) is 0 Å². The Kier molecular flexibility index (Phi) is 7.11. The lowest BCUT2D eigenvalue weighted by Gasteiger charge is -2.22. The summed E-state index contributed by atoms with van der Waals surface area (Å²) >= 11 is 0. The van der Waals surface area contributed by atoms with Gasteiger partial charge in [0, 0.05) is 37.2 Å². The summed E-state index contributed by atoms with van der Waals surface area (Å²) in [7, 11) is 0. The number of nitrogens with zero attached hydrogens (tertiary/aromatic N) is 3. The highest BCUT2D eigenvalue weighted by molar-refractivity contribution is 5.74. The van der Waals surface area contributed by atoms with Crippen LogP contribution in [0.25, 0.3) is 11.0 Å². The third kappa shape index (κ3) is 6.21. The highest BCUT2D eigenvalue weighted by Crippen LogP contribution is 2.35. The summed E-state index contributed by atoms with van der Waals surface area (Å²) in [4.78, 5) is 24.6. The lowest BCUT2D eigenvalue weighted by atomic mass is 9.91. The number of anilines is 1. The molecule has 0 saturated carbocycles. The number of aliphatic carboxylic acids is 1. The molecule has 33 heavy (non-hydrogen) atoms. The lowest BCUT2D eigenvalue weighted by Crippen LogP contribution is -2.22. The summed E-state index contributed by atoms with van der Waals surface area (Å²) in [5, 5.41) is 12.6. The molecule has 174 valence electrons. The number of hydrogen-bond acceptors (Lipinski definition) is 5. The van der Waals surface area contributed by atoms with Crippen molar-refractivity contribution in [3.63, 3.8) is 0 Å². The van der Waals surface area contributed by atoms with Gasteiger partial charge in [0.1, 0.15) is 5.82 Å². The molecule has 0 amide bonds. The minimum atomic E-state index is -2.99. The van der Waals surface area contributed by atoms with Crippen molar-refractivity contribution >= 4 is 22.8 Å². The molecule has 1 atom stereocenters. The van der Waals surface area contributed by atoms with Crippen LogP contribution in [0.3, 0.4) is 0 Å². The third-order valence-corrected chi connectivity index (χ3v) is 6.03. The van der Waals surface area contributed by atoms with Crippen LogP contribution in [0.5, 0.6) is 0 Å². The molecule has 0 saturated heterocycles. The molecule has 3 heterocycles. The van der Waals surface area contributed by atoms with E-state index >= 15 is 0 Å². The number of pyridine rings is 1. The van der Waals surface area contributed by atoms with Crippen molar-refractivity contribution in [3.05, 3.63) is 59.5 Å². The fourth-order valence-electron chi connectivity index (χ4n) is 4.32. The van der Waals surface area contributed by atoms with E-state index in [4.69, 9.17) is 0 Å². The van der Waals surface area contributed by atoms with Gasteiger partial charge in [-0.2, -0.15) is 0 Å². The second-order valence-corrected chi connectivity index (χ2v) is 8.69. The van der Waals surface area contributed by atoms with E-state index < -0.39 is 30.7 Å². The van der Waals surface area contributed by atoms with E-state index in [0.717, 1.165) is 30.9 Å². The highest BCUT2D eigenvalue weighted by Gasteiger charge is 2.34. The SMILES string of the molecule is O=C(O)C[C@H](CC(F)(F)CCCCc1ccc2c(n1)NCCC2)c1cnc2ccccc2n1. The fraction of sp³-hybridized carbons (Fsp3) is 0.440. The van der Waals surface area contributed by atoms with Crippen LogP contribution >= 0.6 is 0 Å². The smallest absolute Gasteiger partial charge is 0.304 e. The van der Waals surface area contributed by atoms with Gasteiger partial charge < -0.3 is 10.4 Å². The number of nitrogens with one attached hydrogen (secondary N) is 1. The molecule has 0 spiro atoms. The Hall–Kier alpha value is -3.16. The van der Waals surface area contributed by atoms with Crippen molar-refractivity contribution < 1.29 is 18.7 Å². The van der Waals surface area contributed by atoms with E-state index in [1.807, 2.05) is 12.1 Å². The lowest BCUT2D eigenvalue weighted by molar-refractivity contribution is -0.138. The van der Waals surface area contributed by atoms with Crippen molar-refractivity contribution in [2.75, 3.05) is 11.9 Å². The van der Waals surface area contributed by atoms with E-state index in [1.54, 1.807) is 18.2 Å². The standard InChI is InChI=1S/C25H28F2N4O2/c26-25(27,12-4-3-7-19-11-10-17-6-5-13-28-24(17)30-19)15-18(14-23(32)33)22-16-29-20-8-1-2-9-21(20)31-22/h1-2,8-11,16,18H,3-7,12-15H2,(H,28,30)(H,32,33)/t18-/m1/s1. The van der Waals surface area contributed by atoms with Gasteiger partial charge in [-0.3, -0.25) is 9.78 Å². The zero-order valence-corrected chi connectivity index (χ0v) is 18.4. The molecule has 1 aliphatic heterocycles. The van der Waals surface area contributed by atoms with Gasteiger partial charge in [-0.15, -0.1) is 0 Å². The first kappa shape index (κ1) is 23.0. The maximum Gasteiger partial charge on any atom is 0.304 e. The topological polar surface area (TPSA) is 88.0 Å². The van der Waals surface area contributed by atoms with Crippen LogP contribution in [0.4, 0.5) is 14.6 Å². The quantitative estimate of drug-likeness (QED) is 0.400. The van der Waals surface area contributed by atoms with Crippen molar-refractivity contribution in [2.24, 2.45) is 0 Å². The van der Waals surface area contributed by atoms with E-state index in [9.17, 15) is 18.7 Å². The molecular formula is C25H28F2N4O2. The molecular weight excluding hydrogens is 426 g/mol. The number of aryl methyl sites for hydroxylation is 2. The first-order valence-corrected chi connectivity index (χ1v) is 11.4. The van der Waals surface area contributed by atoms with Crippen molar-refractivity contribution in [2.45, 2.75) is 63.2 Å². The number of halogens is 2. The first-order chi connectivity index (χ1) is 15.9. The number of rotatable bonds is 10. The van der Waals surface area contributed by atoms with Crippen molar-refractivity contribution in [1.82, 2.24) is 15.0 Å². The summed E-state index contributed by atoms with van der Waals surface area (Å²) in [6.07, 6.45) is 3.83. The highest BCUT2D eigenvalue weighted by atomic mass is 19.3. The molecule has 0 fully saturated rings. The Balaban J connectivity index is 1.35. The second-order valence-electron chi connectivity index (χ2n) is 8.69. The first-order valence-electron chi connectivity index (χ1n) is 11.4. The summed E-state index contributed by atoms with van der Waals surface area (Å²) in [6.45, 7) is 0.911. The van der Waals surface area contributed by atoms with E-state index in [2.05, 4.69) is 26.3 Å². The average Bonchev–Trinajstić information content (AvgIpc) is 2.80. The molecule has 0 radical (unpaired) electrons. The molecule has 0 aliphatic carbocycles. The van der Waals surface area contributed by atoms with Gasteiger partial charge in [-0.1, -0.05) is 18.2 Å². The predicted octanol–water partition coefficient (Wildman–Crippen LogP) is 5.38. The predicted molar refractivity (Wildman–Crippen MR) is 123 cm³/mol. The van der Waals surface area contributed by atoms with Gasteiger partial charge >= 0.3 is 5.97 Å². The molecule has 6 nitrogen and oxygen atoms in total. The molecule has 0 bridgehead atoms. The summed E-state index contributed by atoms with van der Waals surface area (Å²) in [6, 6.07) is 11.2. The normalized spacial score (nSPS) is 14.5. The number of carbonyl (C=O) groups is 1. The van der Waals surface area contributed by atoms with E-state index in [0.29, 0.717) is 36.0 Å². The number of para-hydroxylation sites is 2. The zero-order valence-electron chi connectivity index (χ0n) is 18.4. The fourth-order valence-corrected chi connectivity index (χ4v) is 4.32. The van der Waals surface area contributed by atoms with E-state index in [1.165, 1.54) is 11.8 Å². The number of unbranched alkanes of at least 4 members (excludes halogenated alkanes) is 1. The molecule has 1 aliphatic rings. The summed E-state index contributed by atoms with van der Waals surface area (Å²) in [5.41, 5.74) is 3.62. The maximum absolute atomic E-state index is 14.8. The molecule has 3 aromatic rings. The minimum Gasteiger partial charge on any atom is -0.481 e. The number of benzene rings is 1. The maximum atomic E-state index is 14.8. The van der Waals surface area contributed by atoms with Gasteiger partial charge in [-0.05, 0) is 55.9 Å². The molecule has 4 rings (SSSR count). The number of hydrogen-bond donors (Lipinski definition) is 2. The van der Waals surface area contributed by atoms with Crippen LogP contribution in [-0.2, 0) is 17.6 Å². The van der Waals surface area contributed by atoms with Crippen LogP contribution in [0.1, 0.15) is 61.4 Å². The molecule has 8 heteroatoms. The van der Waals surface area contributed by atoms with E-state index in [-0.39, 0.29) is 6.42 Å². The monoisotopic (exact) mass is 454 g/mol. The number of fused-ring (bicyclic) bond motifs is 2. The summed E-state index contributed by atoms with van der Waals surface area (Å²) < 4.78 is 29.6. The Morgan fingerprint density at radius 1 is 1.12 bits per heavy atom. The van der Waals surface area contributed by atoms with Crippen LogP contribution in [-0.4, -0.2) is 38.5 Å². The number of alkyl halides is 2. The number of carboxylic acid groups (broad SMARTS) is 1. The minimum absolute atomic E-state index is 0.293. The molecule has 0 unspecified atom stereocenters. The van der Waals surface area contributed by atoms with Crippen LogP contribution < -0.4 is 5.32 Å². The van der Waals surface area contributed by atoms with Crippen molar-refractivity contribution in [3.8, 4) is 0 Å². The van der Waals surface area contributed by atoms with Gasteiger partial charge in [0.05, 0.1) is 23.1 Å². The van der Waals surface area contributed by atoms with Crippen LogP contribution in [0.15, 0.2) is 42.6 Å². The van der Waals surface area contributed by atoms with Crippen molar-refractivity contribution in [1.29, 1.82) is 0 Å². The average molecular weight is 455 g/mol. The van der Waals surface area contributed by atoms with Gasteiger partial charge in [0.15, 0.2) is 0 Å². The van der Waals surface area contributed by atoms with Gasteiger partial charge in [-0.25, -0.2) is 18.7 Å². The van der Waals surface area contributed by atoms with Crippen LogP contribution in [0, 0.1) is 0 Å². The van der Waals surface area contributed by atoms with Gasteiger partial charge in [0.2, 0.25) is 5.92 Å². The number of carboxylic acids is 1. The Labute approximate surface area is 191 Å². The Bertz CT molecular complexity index is 1120. The van der Waals surface area contributed by atoms with Crippen LogP contribution in [0.2, 0.25) is 0 Å². The molecule has 2 aromatic heterocycles. The largest absolute Gasteiger partial charge is 0.481 e. The molecule has 2 N–H and O–H groups in total. The zero-order chi connectivity index (χ0) is 23.3. The number of aromatic nitrogens is 3. The Morgan fingerprint density at radius 2 is 1.94 bits per heavy atom. The molecule has 1 aromatic carbocycles. The third-order valence-electron chi connectivity index (χ3n) is 6.03. The second kappa shape index (κ2) is 10.2.